The van der Waals surface area contributed by atoms with E-state index >= 15 is 0 Å². The molecule has 1 heterocycles. The molecule has 4 heteroatoms. The van der Waals surface area contributed by atoms with E-state index in [0.29, 0.717) is 10.4 Å². The predicted molar refractivity (Wildman–Crippen MR) is 82.2 cm³/mol. The molecule has 2 aromatic rings. The van der Waals surface area contributed by atoms with Crippen LogP contribution >= 0.6 is 11.3 Å². The van der Waals surface area contributed by atoms with Gasteiger partial charge in [0.15, 0.2) is 0 Å². The number of nitrogens with one attached hydrogen (secondary N) is 1. The standard InChI is InChI=1S/C16H15NO2S/c1-11-5-3-7-14(12(11)2)17-16(19)15-13(6-4-9-18)8-10-20-15/h3,5,7-8,10,18H,9H2,1-2H3,(H,17,19). The van der Waals surface area contributed by atoms with E-state index in [1.165, 1.54) is 11.3 Å². The van der Waals surface area contributed by atoms with Gasteiger partial charge in [-0.15, -0.1) is 11.3 Å². The second kappa shape index (κ2) is 6.38. The Morgan fingerprint density at radius 2 is 2.15 bits per heavy atom. The molecule has 0 fully saturated rings. The molecule has 0 spiro atoms. The Morgan fingerprint density at radius 3 is 2.90 bits per heavy atom. The van der Waals surface area contributed by atoms with Gasteiger partial charge in [-0.3, -0.25) is 4.79 Å². The maximum Gasteiger partial charge on any atom is 0.267 e. The second-order valence-corrected chi connectivity index (χ2v) is 5.24. The predicted octanol–water partition coefficient (Wildman–Crippen LogP) is 2.96. The van der Waals surface area contributed by atoms with Gasteiger partial charge in [0.25, 0.3) is 5.91 Å². The highest BCUT2D eigenvalue weighted by Gasteiger charge is 2.13. The average Bonchev–Trinajstić information content (AvgIpc) is 2.90. The summed E-state index contributed by atoms with van der Waals surface area (Å²) in [5, 5.41) is 13.5. The van der Waals surface area contributed by atoms with Crippen molar-refractivity contribution in [3.05, 3.63) is 51.2 Å². The van der Waals surface area contributed by atoms with Crippen molar-refractivity contribution < 1.29 is 9.90 Å². The minimum absolute atomic E-state index is 0.170. The fourth-order valence-electron chi connectivity index (χ4n) is 1.78. The summed E-state index contributed by atoms with van der Waals surface area (Å²) in [4.78, 5) is 12.9. The lowest BCUT2D eigenvalue weighted by Gasteiger charge is -2.09. The molecule has 0 aliphatic rings. The average molecular weight is 285 g/mol. The van der Waals surface area contributed by atoms with E-state index in [-0.39, 0.29) is 12.5 Å². The zero-order chi connectivity index (χ0) is 14.5. The molecular formula is C16H15NO2S. The molecule has 1 aromatic heterocycles. The third kappa shape index (κ3) is 3.08. The van der Waals surface area contributed by atoms with Crippen LogP contribution < -0.4 is 5.32 Å². The molecule has 1 aromatic carbocycles. The van der Waals surface area contributed by atoms with Gasteiger partial charge >= 0.3 is 0 Å². The summed E-state index contributed by atoms with van der Waals surface area (Å²) in [6.45, 7) is 3.77. The molecule has 0 radical (unpaired) electrons. The number of hydrogen-bond donors (Lipinski definition) is 2. The fourth-order valence-corrected chi connectivity index (χ4v) is 2.53. The van der Waals surface area contributed by atoms with Crippen molar-refractivity contribution in [3.63, 3.8) is 0 Å². The summed E-state index contributed by atoms with van der Waals surface area (Å²) >= 11 is 1.34. The van der Waals surface area contributed by atoms with Crippen molar-refractivity contribution in [2.24, 2.45) is 0 Å². The normalized spacial score (nSPS) is 9.75. The summed E-state index contributed by atoms with van der Waals surface area (Å²) in [7, 11) is 0. The molecule has 0 saturated heterocycles. The highest BCUT2D eigenvalue weighted by molar-refractivity contribution is 7.12. The number of anilines is 1. The van der Waals surface area contributed by atoms with Gasteiger partial charge in [0.2, 0.25) is 0 Å². The summed E-state index contributed by atoms with van der Waals surface area (Å²) in [5.74, 6) is 5.18. The first kappa shape index (κ1) is 14.3. The Labute approximate surface area is 122 Å². The maximum absolute atomic E-state index is 12.3. The highest BCUT2D eigenvalue weighted by Crippen LogP contribution is 2.21. The third-order valence-corrected chi connectivity index (χ3v) is 3.94. The van der Waals surface area contributed by atoms with Crippen molar-refractivity contribution in [1.82, 2.24) is 0 Å². The van der Waals surface area contributed by atoms with Crippen molar-refractivity contribution in [1.29, 1.82) is 0 Å². The molecule has 2 N–H and O–H groups in total. The largest absolute Gasteiger partial charge is 0.384 e. The van der Waals surface area contributed by atoms with Crippen LogP contribution in [0.2, 0.25) is 0 Å². The Balaban J connectivity index is 2.25. The molecule has 0 aliphatic carbocycles. The number of hydrogen-bond acceptors (Lipinski definition) is 3. The second-order valence-electron chi connectivity index (χ2n) is 4.32. The van der Waals surface area contributed by atoms with E-state index in [1.807, 2.05) is 37.4 Å². The van der Waals surface area contributed by atoms with Crippen LogP contribution in [0.5, 0.6) is 0 Å². The number of rotatable bonds is 2. The van der Waals surface area contributed by atoms with Crippen molar-refractivity contribution in [2.45, 2.75) is 13.8 Å². The van der Waals surface area contributed by atoms with Gasteiger partial charge in [-0.05, 0) is 42.5 Å². The van der Waals surface area contributed by atoms with Gasteiger partial charge in [0.05, 0.1) is 0 Å². The zero-order valence-corrected chi connectivity index (χ0v) is 12.2. The van der Waals surface area contributed by atoms with Gasteiger partial charge in [-0.2, -0.15) is 0 Å². The van der Waals surface area contributed by atoms with Crippen LogP contribution in [-0.2, 0) is 0 Å². The smallest absolute Gasteiger partial charge is 0.267 e. The quantitative estimate of drug-likeness (QED) is 0.833. The minimum Gasteiger partial charge on any atom is -0.384 e. The van der Waals surface area contributed by atoms with E-state index in [0.717, 1.165) is 16.8 Å². The van der Waals surface area contributed by atoms with E-state index in [4.69, 9.17) is 5.11 Å². The van der Waals surface area contributed by atoms with Crippen LogP contribution in [0.15, 0.2) is 29.6 Å². The van der Waals surface area contributed by atoms with E-state index in [2.05, 4.69) is 17.2 Å². The Morgan fingerprint density at radius 1 is 1.35 bits per heavy atom. The van der Waals surface area contributed by atoms with Crippen LogP contribution in [0.4, 0.5) is 5.69 Å². The minimum atomic E-state index is -0.214. The Hall–Kier alpha value is -2.09. The fraction of sp³-hybridized carbons (Fsp3) is 0.188. The molecule has 102 valence electrons. The number of carbonyl (C=O) groups is 1. The van der Waals surface area contributed by atoms with Gasteiger partial charge in [0.1, 0.15) is 11.5 Å². The summed E-state index contributed by atoms with van der Waals surface area (Å²) in [6.07, 6.45) is 0. The molecule has 2 rings (SSSR count). The first-order valence-corrected chi connectivity index (χ1v) is 7.06. The number of carbonyl (C=O) groups excluding carboxylic acids is 1. The number of benzene rings is 1. The van der Waals surface area contributed by atoms with Crippen LogP contribution in [0, 0.1) is 25.7 Å². The van der Waals surface area contributed by atoms with Crippen LogP contribution in [0.1, 0.15) is 26.4 Å². The monoisotopic (exact) mass is 285 g/mol. The first-order valence-electron chi connectivity index (χ1n) is 6.18. The third-order valence-electron chi connectivity index (χ3n) is 3.03. The summed E-state index contributed by atoms with van der Waals surface area (Å²) in [6, 6.07) is 7.59. The molecule has 3 nitrogen and oxygen atoms in total. The lowest BCUT2D eigenvalue weighted by Crippen LogP contribution is -2.12. The van der Waals surface area contributed by atoms with Crippen LogP contribution in [0.25, 0.3) is 0 Å². The molecule has 0 bridgehead atoms. The van der Waals surface area contributed by atoms with Gasteiger partial charge < -0.3 is 10.4 Å². The van der Waals surface area contributed by atoms with Crippen molar-refractivity contribution in [2.75, 3.05) is 11.9 Å². The summed E-state index contributed by atoms with van der Waals surface area (Å²) < 4.78 is 0. The number of amides is 1. The topological polar surface area (TPSA) is 49.3 Å². The SMILES string of the molecule is Cc1cccc(NC(=O)c2sccc2C#CCO)c1C. The van der Waals surface area contributed by atoms with Crippen molar-refractivity contribution >= 4 is 22.9 Å². The number of aliphatic hydroxyl groups is 1. The Bertz CT molecular complexity index is 692. The Kier molecular flexibility index (Phi) is 4.57. The van der Waals surface area contributed by atoms with E-state index < -0.39 is 0 Å². The molecule has 0 aliphatic heterocycles. The lowest BCUT2D eigenvalue weighted by molar-refractivity contribution is 0.103. The molecule has 20 heavy (non-hydrogen) atoms. The lowest BCUT2D eigenvalue weighted by atomic mass is 10.1. The van der Waals surface area contributed by atoms with Gasteiger partial charge in [-0.1, -0.05) is 24.0 Å². The molecule has 0 atom stereocenters. The number of aliphatic hydroxyl groups excluding tert-OH is 1. The first-order chi connectivity index (χ1) is 9.63. The number of aryl methyl sites for hydroxylation is 1. The molecular weight excluding hydrogens is 270 g/mol. The molecule has 0 unspecified atom stereocenters. The van der Waals surface area contributed by atoms with Crippen molar-refractivity contribution in [3.8, 4) is 11.8 Å². The van der Waals surface area contributed by atoms with Crippen LogP contribution in [-0.4, -0.2) is 17.6 Å². The van der Waals surface area contributed by atoms with E-state index in [9.17, 15) is 4.79 Å². The van der Waals surface area contributed by atoms with Gasteiger partial charge in [0, 0.05) is 11.3 Å². The van der Waals surface area contributed by atoms with Crippen LogP contribution in [0.3, 0.4) is 0 Å². The highest BCUT2D eigenvalue weighted by atomic mass is 32.1. The van der Waals surface area contributed by atoms with E-state index in [1.54, 1.807) is 6.07 Å². The summed E-state index contributed by atoms with van der Waals surface area (Å²) in [5.41, 5.74) is 3.64. The van der Waals surface area contributed by atoms with Gasteiger partial charge in [-0.25, -0.2) is 0 Å². The number of thiophene rings is 1. The molecule has 0 saturated carbocycles. The molecule has 1 amide bonds. The zero-order valence-electron chi connectivity index (χ0n) is 11.4. The maximum atomic E-state index is 12.3.